The first-order valence-corrected chi connectivity index (χ1v) is 6.36. The SMILES string of the molecule is Cc1cc(F)c(C(=O)Cl)cc1-n1cc(C2CC2)nn1. The molecule has 1 fully saturated rings. The molecule has 0 spiro atoms. The van der Waals surface area contributed by atoms with Crippen molar-refractivity contribution in [1.82, 2.24) is 15.0 Å². The highest BCUT2D eigenvalue weighted by atomic mass is 35.5. The number of hydrogen-bond acceptors (Lipinski definition) is 3. The zero-order chi connectivity index (χ0) is 13.6. The summed E-state index contributed by atoms with van der Waals surface area (Å²) in [6, 6.07) is 2.69. The third-order valence-corrected chi connectivity index (χ3v) is 3.45. The topological polar surface area (TPSA) is 47.8 Å². The van der Waals surface area contributed by atoms with E-state index in [1.807, 2.05) is 6.20 Å². The van der Waals surface area contributed by atoms with Crippen LogP contribution in [0.25, 0.3) is 5.69 Å². The summed E-state index contributed by atoms with van der Waals surface area (Å²) < 4.78 is 15.2. The lowest BCUT2D eigenvalue weighted by atomic mass is 10.1. The Balaban J connectivity index is 2.07. The van der Waals surface area contributed by atoms with Crippen molar-refractivity contribution in [3.05, 3.63) is 41.0 Å². The largest absolute Gasteiger partial charge is 0.275 e. The second kappa shape index (κ2) is 4.42. The van der Waals surface area contributed by atoms with Gasteiger partial charge in [0.25, 0.3) is 5.24 Å². The van der Waals surface area contributed by atoms with E-state index >= 15 is 0 Å². The number of nitrogens with zero attached hydrogens (tertiary/aromatic N) is 3. The number of benzene rings is 1. The molecule has 0 aliphatic heterocycles. The summed E-state index contributed by atoms with van der Waals surface area (Å²) in [5.74, 6) is -0.132. The number of carbonyl (C=O) groups excluding carboxylic acids is 1. The van der Waals surface area contributed by atoms with Gasteiger partial charge in [0.1, 0.15) is 5.82 Å². The smallest absolute Gasteiger partial charge is 0.255 e. The van der Waals surface area contributed by atoms with Crippen LogP contribution in [0.1, 0.15) is 40.4 Å². The number of halogens is 2. The summed E-state index contributed by atoms with van der Waals surface area (Å²) >= 11 is 5.36. The van der Waals surface area contributed by atoms with Crippen molar-refractivity contribution in [2.45, 2.75) is 25.7 Å². The third kappa shape index (κ3) is 2.26. The average Bonchev–Trinajstić information content (AvgIpc) is 3.08. The lowest BCUT2D eigenvalue weighted by Crippen LogP contribution is -2.03. The fourth-order valence-corrected chi connectivity index (χ4v) is 2.16. The molecule has 98 valence electrons. The van der Waals surface area contributed by atoms with Gasteiger partial charge in [-0.05, 0) is 49.1 Å². The molecule has 19 heavy (non-hydrogen) atoms. The van der Waals surface area contributed by atoms with Gasteiger partial charge < -0.3 is 0 Å². The van der Waals surface area contributed by atoms with Gasteiger partial charge in [-0.25, -0.2) is 9.07 Å². The second-order valence-electron chi connectivity index (χ2n) is 4.75. The monoisotopic (exact) mass is 279 g/mol. The highest BCUT2D eigenvalue weighted by Gasteiger charge is 2.27. The van der Waals surface area contributed by atoms with E-state index < -0.39 is 11.1 Å². The van der Waals surface area contributed by atoms with Crippen LogP contribution in [0.4, 0.5) is 4.39 Å². The van der Waals surface area contributed by atoms with Gasteiger partial charge in [0.05, 0.1) is 23.1 Å². The molecule has 0 unspecified atom stereocenters. The van der Waals surface area contributed by atoms with E-state index in [0.29, 0.717) is 17.2 Å². The van der Waals surface area contributed by atoms with E-state index in [9.17, 15) is 9.18 Å². The van der Waals surface area contributed by atoms with Gasteiger partial charge in [0, 0.05) is 5.92 Å². The van der Waals surface area contributed by atoms with Crippen molar-refractivity contribution >= 4 is 16.8 Å². The quantitative estimate of drug-likeness (QED) is 0.812. The molecule has 0 bridgehead atoms. The molecule has 1 aromatic carbocycles. The summed E-state index contributed by atoms with van der Waals surface area (Å²) in [5.41, 5.74) is 2.07. The first-order chi connectivity index (χ1) is 9.06. The molecule has 1 heterocycles. The molecular formula is C13H11ClFN3O. The molecule has 0 atom stereocenters. The van der Waals surface area contributed by atoms with Gasteiger partial charge in [-0.15, -0.1) is 5.10 Å². The minimum atomic E-state index is -0.818. The van der Waals surface area contributed by atoms with Gasteiger partial charge in [-0.1, -0.05) is 5.21 Å². The number of rotatable bonds is 3. The average molecular weight is 280 g/mol. The maximum absolute atomic E-state index is 13.6. The van der Waals surface area contributed by atoms with Crippen LogP contribution in [-0.4, -0.2) is 20.2 Å². The van der Waals surface area contributed by atoms with Crippen LogP contribution >= 0.6 is 11.6 Å². The standard InChI is InChI=1S/C13H11ClFN3O/c1-7-4-10(15)9(13(14)19)5-12(7)18-6-11(16-17-18)8-2-3-8/h4-6,8H,2-3H2,1H3. The van der Waals surface area contributed by atoms with E-state index in [4.69, 9.17) is 11.6 Å². The van der Waals surface area contributed by atoms with E-state index in [1.54, 1.807) is 11.6 Å². The zero-order valence-corrected chi connectivity index (χ0v) is 11.0. The summed E-state index contributed by atoms with van der Waals surface area (Å²) in [6.07, 6.45) is 4.08. The molecule has 4 nitrogen and oxygen atoms in total. The fourth-order valence-electron chi connectivity index (χ4n) is 2.02. The Labute approximate surface area is 114 Å². The van der Waals surface area contributed by atoms with Gasteiger partial charge in [0.2, 0.25) is 0 Å². The Bertz CT molecular complexity index is 664. The molecular weight excluding hydrogens is 269 g/mol. The Hall–Kier alpha value is -1.75. The zero-order valence-electron chi connectivity index (χ0n) is 10.2. The van der Waals surface area contributed by atoms with Crippen LogP contribution in [0.15, 0.2) is 18.3 Å². The highest BCUT2D eigenvalue weighted by molar-refractivity contribution is 6.67. The highest BCUT2D eigenvalue weighted by Crippen LogP contribution is 2.38. The van der Waals surface area contributed by atoms with Crippen molar-refractivity contribution in [3.8, 4) is 5.69 Å². The summed E-state index contributed by atoms with van der Waals surface area (Å²) in [7, 11) is 0. The van der Waals surface area contributed by atoms with Crippen LogP contribution in [0.5, 0.6) is 0 Å². The Morgan fingerprint density at radius 2 is 2.21 bits per heavy atom. The van der Waals surface area contributed by atoms with Crippen molar-refractivity contribution in [2.24, 2.45) is 0 Å². The van der Waals surface area contributed by atoms with Gasteiger partial charge in [-0.3, -0.25) is 4.79 Å². The number of aromatic nitrogens is 3. The van der Waals surface area contributed by atoms with Crippen molar-refractivity contribution in [1.29, 1.82) is 0 Å². The maximum Gasteiger partial charge on any atom is 0.255 e. The Kier molecular flexibility index (Phi) is 2.86. The van der Waals surface area contributed by atoms with Crippen LogP contribution in [0.3, 0.4) is 0 Å². The second-order valence-corrected chi connectivity index (χ2v) is 5.10. The molecule has 0 N–H and O–H groups in total. The van der Waals surface area contributed by atoms with Crippen molar-refractivity contribution in [2.75, 3.05) is 0 Å². The number of hydrogen-bond donors (Lipinski definition) is 0. The van der Waals surface area contributed by atoms with Crippen LogP contribution in [0, 0.1) is 12.7 Å². The molecule has 0 amide bonds. The van der Waals surface area contributed by atoms with E-state index in [0.717, 1.165) is 18.5 Å². The molecule has 0 saturated heterocycles. The minimum Gasteiger partial charge on any atom is -0.275 e. The minimum absolute atomic E-state index is 0.147. The molecule has 1 saturated carbocycles. The summed E-state index contributed by atoms with van der Waals surface area (Å²) in [5, 5.41) is 7.30. The maximum atomic E-state index is 13.6. The third-order valence-electron chi connectivity index (χ3n) is 3.25. The molecule has 3 rings (SSSR count). The predicted molar refractivity (Wildman–Crippen MR) is 68.2 cm³/mol. The van der Waals surface area contributed by atoms with Crippen molar-refractivity contribution in [3.63, 3.8) is 0 Å². The van der Waals surface area contributed by atoms with Crippen LogP contribution in [0.2, 0.25) is 0 Å². The predicted octanol–water partition coefficient (Wildman–Crippen LogP) is 2.97. The van der Waals surface area contributed by atoms with Gasteiger partial charge >= 0.3 is 0 Å². The molecule has 1 aliphatic rings. The van der Waals surface area contributed by atoms with Crippen molar-refractivity contribution < 1.29 is 9.18 Å². The van der Waals surface area contributed by atoms with E-state index in [1.165, 1.54) is 12.1 Å². The Morgan fingerprint density at radius 1 is 1.47 bits per heavy atom. The summed E-state index contributed by atoms with van der Waals surface area (Å²) in [4.78, 5) is 11.2. The molecule has 0 radical (unpaired) electrons. The fraction of sp³-hybridized carbons (Fsp3) is 0.308. The lowest BCUT2D eigenvalue weighted by Gasteiger charge is -2.07. The molecule has 6 heteroatoms. The van der Waals surface area contributed by atoms with E-state index in [-0.39, 0.29) is 5.56 Å². The normalized spacial score (nSPS) is 14.7. The van der Waals surface area contributed by atoms with E-state index in [2.05, 4.69) is 10.3 Å². The van der Waals surface area contributed by atoms with Gasteiger partial charge in [-0.2, -0.15) is 0 Å². The molecule has 1 aliphatic carbocycles. The first-order valence-electron chi connectivity index (χ1n) is 5.99. The number of aryl methyl sites for hydroxylation is 1. The Morgan fingerprint density at radius 3 is 2.84 bits per heavy atom. The summed E-state index contributed by atoms with van der Waals surface area (Å²) in [6.45, 7) is 1.75. The number of carbonyl (C=O) groups is 1. The first kappa shape index (κ1) is 12.3. The van der Waals surface area contributed by atoms with Crippen LogP contribution in [-0.2, 0) is 0 Å². The van der Waals surface area contributed by atoms with Gasteiger partial charge in [0.15, 0.2) is 0 Å². The van der Waals surface area contributed by atoms with Crippen LogP contribution < -0.4 is 0 Å². The molecule has 1 aromatic heterocycles. The lowest BCUT2D eigenvalue weighted by molar-refractivity contribution is 0.107. The molecule has 2 aromatic rings.